The molecule has 1 atom stereocenters. The van der Waals surface area contributed by atoms with Crippen molar-refractivity contribution in [1.82, 2.24) is 4.57 Å². The number of methoxy groups -OCH3 is 1. The van der Waals surface area contributed by atoms with Gasteiger partial charge in [-0.15, -0.1) is 0 Å². The second-order valence-corrected chi connectivity index (χ2v) is 5.87. The number of ether oxygens (including phenoxy) is 2. The van der Waals surface area contributed by atoms with E-state index < -0.39 is 0 Å². The van der Waals surface area contributed by atoms with Crippen molar-refractivity contribution in [2.45, 2.75) is 26.5 Å². The van der Waals surface area contributed by atoms with Crippen LogP contribution in [0.2, 0.25) is 0 Å². The lowest BCUT2D eigenvalue weighted by Crippen LogP contribution is -2.16. The van der Waals surface area contributed by atoms with Crippen LogP contribution < -0.4 is 4.74 Å². The SMILES string of the molecule is COC(=O)C(C)n1cc(C)c2cc(OCc3ccccc3)ccc21. The molecule has 0 spiro atoms. The molecule has 124 valence electrons. The highest BCUT2D eigenvalue weighted by Gasteiger charge is 2.18. The van der Waals surface area contributed by atoms with Crippen LogP contribution in [0.15, 0.2) is 54.7 Å². The lowest BCUT2D eigenvalue weighted by atomic mass is 10.2. The van der Waals surface area contributed by atoms with E-state index in [4.69, 9.17) is 9.47 Å². The van der Waals surface area contributed by atoms with E-state index in [2.05, 4.69) is 0 Å². The van der Waals surface area contributed by atoms with E-state index in [9.17, 15) is 4.79 Å². The Kier molecular flexibility index (Phi) is 4.56. The van der Waals surface area contributed by atoms with E-state index in [-0.39, 0.29) is 12.0 Å². The van der Waals surface area contributed by atoms with Gasteiger partial charge in [0.25, 0.3) is 0 Å². The molecular weight excluding hydrogens is 302 g/mol. The summed E-state index contributed by atoms with van der Waals surface area (Å²) in [6.45, 7) is 4.40. The second-order valence-electron chi connectivity index (χ2n) is 5.87. The van der Waals surface area contributed by atoms with Crippen LogP contribution in [0, 0.1) is 6.92 Å². The van der Waals surface area contributed by atoms with Crippen molar-refractivity contribution >= 4 is 16.9 Å². The first-order chi connectivity index (χ1) is 11.6. The molecule has 1 unspecified atom stereocenters. The summed E-state index contributed by atoms with van der Waals surface area (Å²) in [5.41, 5.74) is 3.23. The Balaban J connectivity index is 1.86. The number of hydrogen-bond donors (Lipinski definition) is 0. The highest BCUT2D eigenvalue weighted by Crippen LogP contribution is 2.28. The summed E-state index contributed by atoms with van der Waals surface area (Å²) in [4.78, 5) is 11.8. The van der Waals surface area contributed by atoms with Crippen LogP contribution in [-0.4, -0.2) is 17.6 Å². The Hall–Kier alpha value is -2.75. The number of carbonyl (C=O) groups excluding carboxylic acids is 1. The highest BCUT2D eigenvalue weighted by atomic mass is 16.5. The van der Waals surface area contributed by atoms with Crippen molar-refractivity contribution in [2.24, 2.45) is 0 Å². The molecule has 0 bridgehead atoms. The molecule has 0 fully saturated rings. The molecule has 4 heteroatoms. The summed E-state index contributed by atoms with van der Waals surface area (Å²) >= 11 is 0. The summed E-state index contributed by atoms with van der Waals surface area (Å²) in [6.07, 6.45) is 1.98. The smallest absolute Gasteiger partial charge is 0.328 e. The maximum Gasteiger partial charge on any atom is 0.328 e. The fourth-order valence-corrected chi connectivity index (χ4v) is 2.84. The van der Waals surface area contributed by atoms with Gasteiger partial charge in [-0.05, 0) is 43.2 Å². The third-order valence-corrected chi connectivity index (χ3v) is 4.21. The van der Waals surface area contributed by atoms with E-state index in [1.807, 2.05) is 73.1 Å². The molecule has 2 aromatic carbocycles. The number of esters is 1. The van der Waals surface area contributed by atoms with E-state index >= 15 is 0 Å². The third-order valence-electron chi connectivity index (χ3n) is 4.21. The molecule has 3 aromatic rings. The minimum Gasteiger partial charge on any atom is -0.489 e. The molecule has 4 nitrogen and oxygen atoms in total. The quantitative estimate of drug-likeness (QED) is 0.659. The lowest BCUT2D eigenvalue weighted by Gasteiger charge is -2.13. The topological polar surface area (TPSA) is 40.5 Å². The monoisotopic (exact) mass is 323 g/mol. The highest BCUT2D eigenvalue weighted by molar-refractivity contribution is 5.87. The number of nitrogens with zero attached hydrogens (tertiary/aromatic N) is 1. The minimum atomic E-state index is -0.359. The van der Waals surface area contributed by atoms with Gasteiger partial charge in [-0.25, -0.2) is 4.79 Å². The molecule has 0 aliphatic rings. The van der Waals surface area contributed by atoms with E-state index in [1.165, 1.54) is 7.11 Å². The molecule has 0 N–H and O–H groups in total. The van der Waals surface area contributed by atoms with Crippen LogP contribution in [-0.2, 0) is 16.1 Å². The number of fused-ring (bicyclic) bond motifs is 1. The molecule has 0 radical (unpaired) electrons. The maximum absolute atomic E-state index is 11.8. The van der Waals surface area contributed by atoms with Crippen LogP contribution >= 0.6 is 0 Å². The number of aromatic nitrogens is 1. The summed E-state index contributed by atoms with van der Waals surface area (Å²) < 4.78 is 12.7. The van der Waals surface area contributed by atoms with E-state index in [0.717, 1.165) is 27.8 Å². The Morgan fingerprint density at radius 1 is 1.17 bits per heavy atom. The van der Waals surface area contributed by atoms with Crippen LogP contribution in [0.4, 0.5) is 0 Å². The molecule has 0 saturated carbocycles. The number of aryl methyl sites for hydroxylation is 1. The molecule has 0 aliphatic heterocycles. The first kappa shape index (κ1) is 16.1. The first-order valence-electron chi connectivity index (χ1n) is 7.96. The van der Waals surface area contributed by atoms with Crippen molar-refractivity contribution in [2.75, 3.05) is 7.11 Å². The van der Waals surface area contributed by atoms with Crippen LogP contribution in [0.3, 0.4) is 0 Å². The largest absolute Gasteiger partial charge is 0.489 e. The molecule has 0 amide bonds. The Morgan fingerprint density at radius 2 is 1.92 bits per heavy atom. The van der Waals surface area contributed by atoms with Gasteiger partial charge < -0.3 is 14.0 Å². The molecule has 1 aromatic heterocycles. The van der Waals surface area contributed by atoms with Crippen LogP contribution in [0.1, 0.15) is 24.1 Å². The third kappa shape index (κ3) is 3.13. The average Bonchev–Trinajstić information content (AvgIpc) is 2.96. The number of benzene rings is 2. The fraction of sp³-hybridized carbons (Fsp3) is 0.250. The van der Waals surface area contributed by atoms with Gasteiger partial charge in [0.2, 0.25) is 0 Å². The van der Waals surface area contributed by atoms with E-state index in [1.54, 1.807) is 0 Å². The number of hydrogen-bond acceptors (Lipinski definition) is 3. The van der Waals surface area contributed by atoms with E-state index in [0.29, 0.717) is 6.61 Å². The predicted molar refractivity (Wildman–Crippen MR) is 94.2 cm³/mol. The Bertz CT molecular complexity index is 852. The van der Waals surface area contributed by atoms with Crippen LogP contribution in [0.5, 0.6) is 5.75 Å². The van der Waals surface area contributed by atoms with Crippen molar-refractivity contribution in [3.63, 3.8) is 0 Å². The zero-order valence-corrected chi connectivity index (χ0v) is 14.2. The number of carbonyl (C=O) groups is 1. The summed E-state index contributed by atoms with van der Waals surface area (Å²) in [6, 6.07) is 15.7. The fourth-order valence-electron chi connectivity index (χ4n) is 2.84. The summed E-state index contributed by atoms with van der Waals surface area (Å²) in [5.74, 6) is 0.564. The van der Waals surface area contributed by atoms with Crippen molar-refractivity contribution < 1.29 is 14.3 Å². The maximum atomic E-state index is 11.8. The van der Waals surface area contributed by atoms with Gasteiger partial charge in [-0.2, -0.15) is 0 Å². The van der Waals surface area contributed by atoms with Gasteiger partial charge in [0.15, 0.2) is 0 Å². The summed E-state index contributed by atoms with van der Waals surface area (Å²) in [7, 11) is 1.41. The molecule has 0 saturated heterocycles. The van der Waals surface area contributed by atoms with Gasteiger partial charge in [0.05, 0.1) is 7.11 Å². The average molecular weight is 323 g/mol. The standard InChI is InChI=1S/C20H21NO3/c1-14-12-21(15(2)20(22)23-3)19-10-9-17(11-18(14)19)24-13-16-7-5-4-6-8-16/h4-12,15H,13H2,1-3H3. The Labute approximate surface area is 141 Å². The van der Waals surface area contributed by atoms with Gasteiger partial charge in [-0.1, -0.05) is 30.3 Å². The predicted octanol–water partition coefficient (Wildman–Crippen LogP) is 4.26. The minimum absolute atomic E-state index is 0.253. The molecule has 24 heavy (non-hydrogen) atoms. The normalized spacial score (nSPS) is 12.1. The van der Waals surface area contributed by atoms with Crippen molar-refractivity contribution in [1.29, 1.82) is 0 Å². The lowest BCUT2D eigenvalue weighted by molar-refractivity contribution is -0.143. The summed E-state index contributed by atoms with van der Waals surface area (Å²) in [5, 5.41) is 1.08. The first-order valence-corrected chi connectivity index (χ1v) is 7.96. The number of rotatable bonds is 5. The zero-order valence-electron chi connectivity index (χ0n) is 14.2. The second kappa shape index (κ2) is 6.79. The van der Waals surface area contributed by atoms with Gasteiger partial charge in [-0.3, -0.25) is 0 Å². The van der Waals surface area contributed by atoms with Crippen LogP contribution in [0.25, 0.3) is 10.9 Å². The molecular formula is C20H21NO3. The molecule has 1 heterocycles. The van der Waals surface area contributed by atoms with Gasteiger partial charge in [0.1, 0.15) is 18.4 Å². The zero-order chi connectivity index (χ0) is 17.1. The molecule has 0 aliphatic carbocycles. The molecule has 3 rings (SSSR count). The van der Waals surface area contributed by atoms with Crippen molar-refractivity contribution in [3.05, 3.63) is 65.9 Å². The Morgan fingerprint density at radius 3 is 2.62 bits per heavy atom. The van der Waals surface area contributed by atoms with Gasteiger partial charge >= 0.3 is 5.97 Å². The van der Waals surface area contributed by atoms with Gasteiger partial charge in [0, 0.05) is 17.1 Å². The van der Waals surface area contributed by atoms with Crippen molar-refractivity contribution in [3.8, 4) is 5.75 Å².